The Morgan fingerprint density at radius 3 is 2.81 bits per heavy atom. The molecule has 21 heavy (non-hydrogen) atoms. The Balaban J connectivity index is 1.75. The van der Waals surface area contributed by atoms with Crippen LogP contribution in [-0.2, 0) is 11.4 Å². The first-order valence-corrected chi connectivity index (χ1v) is 6.90. The zero-order valence-electron chi connectivity index (χ0n) is 11.5. The second-order valence-corrected chi connectivity index (χ2v) is 5.00. The van der Waals surface area contributed by atoms with E-state index in [9.17, 15) is 9.90 Å². The number of hydrogen-bond donors (Lipinski definition) is 1. The highest BCUT2D eigenvalue weighted by atomic mass is 16.5. The highest BCUT2D eigenvalue weighted by Crippen LogP contribution is 2.36. The Kier molecular flexibility index (Phi) is 3.77. The average Bonchev–Trinajstić information content (AvgIpc) is 2.53. The number of ether oxygens (including phenoxy) is 2. The molecule has 2 aromatic rings. The van der Waals surface area contributed by atoms with E-state index in [1.807, 2.05) is 30.3 Å². The molecule has 4 nitrogen and oxygen atoms in total. The van der Waals surface area contributed by atoms with Gasteiger partial charge >= 0.3 is 5.97 Å². The molecule has 0 aromatic heterocycles. The fourth-order valence-corrected chi connectivity index (χ4v) is 2.46. The molecule has 0 amide bonds. The van der Waals surface area contributed by atoms with Gasteiger partial charge in [-0.2, -0.15) is 0 Å². The smallest absolute Gasteiger partial charge is 0.311 e. The maximum atomic E-state index is 11.2. The first-order valence-electron chi connectivity index (χ1n) is 6.90. The van der Waals surface area contributed by atoms with Gasteiger partial charge in [-0.3, -0.25) is 4.79 Å². The number of hydrogen-bond acceptors (Lipinski definition) is 3. The summed E-state index contributed by atoms with van der Waals surface area (Å²) in [5, 5.41) is 9.22. The summed E-state index contributed by atoms with van der Waals surface area (Å²) in [6, 6.07) is 15.2. The van der Waals surface area contributed by atoms with E-state index in [4.69, 9.17) is 9.47 Å². The van der Waals surface area contributed by atoms with Gasteiger partial charge in [0, 0.05) is 11.6 Å². The van der Waals surface area contributed by atoms with Gasteiger partial charge < -0.3 is 14.6 Å². The predicted molar refractivity (Wildman–Crippen MR) is 77.7 cm³/mol. The first kappa shape index (κ1) is 13.5. The zero-order valence-corrected chi connectivity index (χ0v) is 11.5. The van der Waals surface area contributed by atoms with E-state index in [1.165, 1.54) is 0 Å². The van der Waals surface area contributed by atoms with Crippen molar-refractivity contribution < 1.29 is 19.4 Å². The second-order valence-electron chi connectivity index (χ2n) is 5.00. The van der Waals surface area contributed by atoms with Crippen LogP contribution in [0.25, 0.3) is 0 Å². The van der Waals surface area contributed by atoms with Gasteiger partial charge in [-0.05, 0) is 18.1 Å². The molecule has 1 aliphatic rings. The lowest BCUT2D eigenvalue weighted by molar-refractivity contribution is -0.139. The van der Waals surface area contributed by atoms with Crippen molar-refractivity contribution >= 4 is 5.97 Å². The summed E-state index contributed by atoms with van der Waals surface area (Å²) >= 11 is 0. The molecule has 0 unspecified atom stereocenters. The monoisotopic (exact) mass is 284 g/mol. The van der Waals surface area contributed by atoms with E-state index in [1.54, 1.807) is 18.2 Å². The second kappa shape index (κ2) is 5.87. The molecule has 0 aliphatic carbocycles. The van der Waals surface area contributed by atoms with Crippen molar-refractivity contribution in [1.82, 2.24) is 0 Å². The lowest BCUT2D eigenvalue weighted by Crippen LogP contribution is -2.20. The first-order chi connectivity index (χ1) is 10.2. The molecule has 108 valence electrons. The number of carbonyl (C=O) groups is 1. The fourth-order valence-electron chi connectivity index (χ4n) is 2.46. The van der Waals surface area contributed by atoms with Crippen LogP contribution >= 0.6 is 0 Å². The van der Waals surface area contributed by atoms with Gasteiger partial charge in [0.1, 0.15) is 18.1 Å². The maximum Gasteiger partial charge on any atom is 0.311 e. The van der Waals surface area contributed by atoms with Crippen molar-refractivity contribution in [2.45, 2.75) is 18.9 Å². The summed E-state index contributed by atoms with van der Waals surface area (Å²) in [5.74, 6) is -0.00252. The molecule has 0 saturated carbocycles. The summed E-state index contributed by atoms with van der Waals surface area (Å²) in [6.07, 6.45) is 0.507. The molecule has 1 N–H and O–H groups in total. The largest absolute Gasteiger partial charge is 0.493 e. The van der Waals surface area contributed by atoms with Gasteiger partial charge in [-0.25, -0.2) is 0 Å². The average molecular weight is 284 g/mol. The van der Waals surface area contributed by atoms with Crippen LogP contribution in [0.3, 0.4) is 0 Å². The predicted octanol–water partition coefficient (Wildman–Crippen LogP) is 3.22. The molecule has 4 heteroatoms. The van der Waals surface area contributed by atoms with Gasteiger partial charge in [0.05, 0.1) is 12.5 Å². The molecule has 1 aliphatic heterocycles. The van der Waals surface area contributed by atoms with E-state index < -0.39 is 11.9 Å². The SMILES string of the molecule is O=C(O)[C@H]1CCOc2cc(OCc3ccccc3)ccc21. The van der Waals surface area contributed by atoms with Crippen LogP contribution in [0, 0.1) is 0 Å². The minimum Gasteiger partial charge on any atom is -0.493 e. The third kappa shape index (κ3) is 2.99. The lowest BCUT2D eigenvalue weighted by atomic mass is 9.93. The molecule has 0 saturated heterocycles. The van der Waals surface area contributed by atoms with Crippen molar-refractivity contribution in [2.24, 2.45) is 0 Å². The van der Waals surface area contributed by atoms with E-state index in [0.29, 0.717) is 31.1 Å². The Morgan fingerprint density at radius 2 is 2.05 bits per heavy atom. The van der Waals surface area contributed by atoms with Gasteiger partial charge in [0.2, 0.25) is 0 Å². The van der Waals surface area contributed by atoms with Crippen LogP contribution in [0.15, 0.2) is 48.5 Å². The Labute approximate surface area is 122 Å². The topological polar surface area (TPSA) is 55.8 Å². The van der Waals surface area contributed by atoms with Crippen molar-refractivity contribution in [1.29, 1.82) is 0 Å². The summed E-state index contributed by atoms with van der Waals surface area (Å²) in [5.41, 5.74) is 1.81. The Morgan fingerprint density at radius 1 is 1.24 bits per heavy atom. The number of rotatable bonds is 4. The van der Waals surface area contributed by atoms with Crippen LogP contribution in [0.5, 0.6) is 11.5 Å². The number of benzene rings is 2. The van der Waals surface area contributed by atoms with Crippen LogP contribution in [-0.4, -0.2) is 17.7 Å². The van der Waals surface area contributed by atoms with Crippen molar-refractivity contribution in [3.05, 3.63) is 59.7 Å². The molecule has 2 aromatic carbocycles. The van der Waals surface area contributed by atoms with E-state index in [2.05, 4.69) is 0 Å². The summed E-state index contributed by atoms with van der Waals surface area (Å²) in [6.45, 7) is 0.897. The Bertz CT molecular complexity index is 636. The molecule has 0 spiro atoms. The number of carboxylic acids is 1. The molecule has 1 heterocycles. The van der Waals surface area contributed by atoms with E-state index in [0.717, 1.165) is 11.1 Å². The van der Waals surface area contributed by atoms with Crippen molar-refractivity contribution in [2.75, 3.05) is 6.61 Å². The van der Waals surface area contributed by atoms with Gasteiger partial charge in [0.25, 0.3) is 0 Å². The zero-order chi connectivity index (χ0) is 14.7. The van der Waals surface area contributed by atoms with Crippen LogP contribution < -0.4 is 9.47 Å². The number of aliphatic carboxylic acids is 1. The molecular weight excluding hydrogens is 268 g/mol. The third-order valence-corrected chi connectivity index (χ3v) is 3.57. The highest BCUT2D eigenvalue weighted by molar-refractivity contribution is 5.77. The molecule has 0 fully saturated rings. The maximum absolute atomic E-state index is 11.2. The Hall–Kier alpha value is -2.49. The summed E-state index contributed by atoms with van der Waals surface area (Å²) in [7, 11) is 0. The number of carboxylic acid groups (broad SMARTS) is 1. The minimum atomic E-state index is -0.808. The van der Waals surface area contributed by atoms with E-state index >= 15 is 0 Å². The molecule has 0 radical (unpaired) electrons. The van der Waals surface area contributed by atoms with Crippen LogP contribution in [0.2, 0.25) is 0 Å². The molecule has 0 bridgehead atoms. The quantitative estimate of drug-likeness (QED) is 0.936. The van der Waals surface area contributed by atoms with Crippen molar-refractivity contribution in [3.8, 4) is 11.5 Å². The number of fused-ring (bicyclic) bond motifs is 1. The summed E-state index contributed by atoms with van der Waals surface area (Å²) in [4.78, 5) is 11.2. The molecular formula is C17H16O4. The fraction of sp³-hybridized carbons (Fsp3) is 0.235. The third-order valence-electron chi connectivity index (χ3n) is 3.57. The van der Waals surface area contributed by atoms with Crippen LogP contribution in [0.1, 0.15) is 23.5 Å². The van der Waals surface area contributed by atoms with Crippen LogP contribution in [0.4, 0.5) is 0 Å². The summed E-state index contributed by atoms with van der Waals surface area (Å²) < 4.78 is 11.3. The molecule has 3 rings (SSSR count). The standard InChI is InChI=1S/C17H16O4/c18-17(19)15-8-9-20-16-10-13(6-7-14(15)16)21-11-12-4-2-1-3-5-12/h1-7,10,15H,8-9,11H2,(H,18,19)/t15-/m0/s1. The molecule has 1 atom stereocenters. The van der Waals surface area contributed by atoms with E-state index in [-0.39, 0.29) is 0 Å². The van der Waals surface area contributed by atoms with Gasteiger partial charge in [-0.15, -0.1) is 0 Å². The van der Waals surface area contributed by atoms with Gasteiger partial charge in [0.15, 0.2) is 0 Å². The minimum absolute atomic E-state index is 0.423. The highest BCUT2D eigenvalue weighted by Gasteiger charge is 2.27. The normalized spacial score (nSPS) is 16.7. The van der Waals surface area contributed by atoms with Crippen molar-refractivity contribution in [3.63, 3.8) is 0 Å². The van der Waals surface area contributed by atoms with Gasteiger partial charge in [-0.1, -0.05) is 36.4 Å². The lowest BCUT2D eigenvalue weighted by Gasteiger charge is -2.23.